The Morgan fingerprint density at radius 2 is 1.84 bits per heavy atom. The molecule has 1 aromatic rings. The van der Waals surface area contributed by atoms with Crippen LogP contribution in [0.4, 0.5) is 0 Å². The molecule has 4 heteroatoms. The predicted octanol–water partition coefficient (Wildman–Crippen LogP) is 3.43. The van der Waals surface area contributed by atoms with Crippen LogP contribution >= 0.6 is 0 Å². The van der Waals surface area contributed by atoms with Crippen molar-refractivity contribution in [2.24, 2.45) is 0 Å². The molecule has 0 bridgehead atoms. The fourth-order valence-corrected chi connectivity index (χ4v) is 2.07. The van der Waals surface area contributed by atoms with Gasteiger partial charge in [0.1, 0.15) is 11.6 Å². The summed E-state index contributed by atoms with van der Waals surface area (Å²) in [5.41, 5.74) is 2.44. The smallest absolute Gasteiger partial charge is 0.251 e. The van der Waals surface area contributed by atoms with E-state index in [1.54, 1.807) is 0 Å². The molecule has 4 nitrogen and oxygen atoms in total. The van der Waals surface area contributed by atoms with Crippen LogP contribution in [0.2, 0.25) is 0 Å². The Labute approximate surface area is 115 Å². The van der Waals surface area contributed by atoms with Gasteiger partial charge in [0.25, 0.3) is 5.88 Å². The van der Waals surface area contributed by atoms with Gasteiger partial charge < -0.3 is 4.74 Å². The number of hydrogen-bond acceptors (Lipinski definition) is 4. The molecule has 0 aliphatic carbocycles. The molecule has 1 heterocycles. The van der Waals surface area contributed by atoms with Crippen LogP contribution in [0.5, 0.6) is 5.88 Å². The molecule has 0 spiro atoms. The number of unbranched alkanes of at least 4 members (excludes halogenated alkanes) is 3. The Morgan fingerprint density at radius 1 is 1.05 bits per heavy atom. The fourth-order valence-electron chi connectivity index (χ4n) is 2.07. The van der Waals surface area contributed by atoms with Crippen molar-refractivity contribution in [2.75, 3.05) is 6.61 Å². The largest absolute Gasteiger partial charge is 0.476 e. The van der Waals surface area contributed by atoms with E-state index in [-0.39, 0.29) is 0 Å². The van der Waals surface area contributed by atoms with Gasteiger partial charge in [-0.3, -0.25) is 0 Å². The number of aromatic nitrogens is 2. The van der Waals surface area contributed by atoms with Gasteiger partial charge in [0.15, 0.2) is 0 Å². The van der Waals surface area contributed by atoms with Crippen molar-refractivity contribution in [2.45, 2.75) is 59.3 Å². The van der Waals surface area contributed by atoms with Crippen LogP contribution in [0, 0.1) is 11.3 Å². The minimum absolute atomic E-state index is 0.396. The summed E-state index contributed by atoms with van der Waals surface area (Å²) >= 11 is 0. The molecule has 0 aromatic carbocycles. The maximum absolute atomic E-state index is 9.29. The Bertz CT molecular complexity index is 438. The summed E-state index contributed by atoms with van der Waals surface area (Å²) in [6.45, 7) is 6.84. The van der Waals surface area contributed by atoms with Gasteiger partial charge in [-0.05, 0) is 24.8 Å². The van der Waals surface area contributed by atoms with Crippen molar-refractivity contribution in [1.82, 2.24) is 10.2 Å². The highest BCUT2D eigenvalue weighted by Gasteiger charge is 2.15. The van der Waals surface area contributed by atoms with Crippen LogP contribution in [0.1, 0.15) is 63.3 Å². The summed E-state index contributed by atoms with van der Waals surface area (Å²) in [6, 6.07) is 2.21. The molecule has 0 saturated heterocycles. The summed E-state index contributed by atoms with van der Waals surface area (Å²) in [4.78, 5) is 0. The summed E-state index contributed by atoms with van der Waals surface area (Å²) in [7, 11) is 0. The lowest BCUT2D eigenvalue weighted by Gasteiger charge is -2.11. The zero-order valence-electron chi connectivity index (χ0n) is 12.2. The molecule has 0 unspecified atom stereocenters. The van der Waals surface area contributed by atoms with E-state index in [1.807, 2.05) is 13.8 Å². The Kier molecular flexibility index (Phi) is 6.88. The Balaban J connectivity index is 2.76. The van der Waals surface area contributed by atoms with Gasteiger partial charge in [-0.1, -0.05) is 40.0 Å². The molecule has 0 aliphatic heterocycles. The van der Waals surface area contributed by atoms with E-state index in [1.165, 1.54) is 12.8 Å². The lowest BCUT2D eigenvalue weighted by atomic mass is 10.0. The lowest BCUT2D eigenvalue weighted by molar-refractivity contribution is 0.288. The second-order valence-electron chi connectivity index (χ2n) is 4.53. The molecule has 0 aliphatic rings. The molecule has 1 rings (SSSR count). The van der Waals surface area contributed by atoms with Crippen LogP contribution in [0.25, 0.3) is 0 Å². The van der Waals surface area contributed by atoms with E-state index in [0.717, 1.165) is 36.9 Å². The molecule has 0 fully saturated rings. The highest BCUT2D eigenvalue weighted by atomic mass is 16.5. The molecule has 0 radical (unpaired) electrons. The lowest BCUT2D eigenvalue weighted by Crippen LogP contribution is -2.08. The molecule has 0 atom stereocenters. The summed E-state index contributed by atoms with van der Waals surface area (Å²) in [5, 5.41) is 17.5. The van der Waals surface area contributed by atoms with Crippen molar-refractivity contribution in [1.29, 1.82) is 5.26 Å². The van der Waals surface area contributed by atoms with Gasteiger partial charge in [0, 0.05) is 0 Å². The zero-order valence-corrected chi connectivity index (χ0v) is 12.2. The number of nitrogens with zero attached hydrogens (tertiary/aromatic N) is 3. The number of nitriles is 1. The standard InChI is InChI=1S/C15H23N3O/c1-4-7-8-9-10-19-15-13(11-16)12(5-2)14(6-3)17-18-15/h4-10H2,1-3H3. The molecule has 0 amide bonds. The molecule has 0 saturated carbocycles. The van der Waals surface area contributed by atoms with Gasteiger partial charge in [-0.2, -0.15) is 10.4 Å². The maximum Gasteiger partial charge on any atom is 0.251 e. The second kappa shape index (κ2) is 8.47. The normalized spacial score (nSPS) is 10.2. The maximum atomic E-state index is 9.29. The van der Waals surface area contributed by atoms with Crippen molar-refractivity contribution in [3.05, 3.63) is 16.8 Å². The number of aryl methyl sites for hydroxylation is 1. The van der Waals surface area contributed by atoms with Crippen LogP contribution in [-0.2, 0) is 12.8 Å². The van der Waals surface area contributed by atoms with E-state index in [2.05, 4.69) is 23.2 Å². The van der Waals surface area contributed by atoms with Gasteiger partial charge in [0.2, 0.25) is 0 Å². The predicted molar refractivity (Wildman–Crippen MR) is 75.1 cm³/mol. The van der Waals surface area contributed by atoms with Gasteiger partial charge in [-0.15, -0.1) is 5.10 Å². The van der Waals surface area contributed by atoms with E-state index in [9.17, 15) is 5.26 Å². The Hall–Kier alpha value is -1.63. The van der Waals surface area contributed by atoms with E-state index >= 15 is 0 Å². The quantitative estimate of drug-likeness (QED) is 0.673. The first-order valence-corrected chi connectivity index (χ1v) is 7.19. The van der Waals surface area contributed by atoms with Crippen molar-refractivity contribution < 1.29 is 4.74 Å². The number of ether oxygens (including phenoxy) is 1. The third-order valence-electron chi connectivity index (χ3n) is 3.16. The minimum atomic E-state index is 0.396. The van der Waals surface area contributed by atoms with Gasteiger partial charge >= 0.3 is 0 Å². The first-order chi connectivity index (χ1) is 9.28. The zero-order chi connectivity index (χ0) is 14.1. The van der Waals surface area contributed by atoms with Crippen LogP contribution in [0.15, 0.2) is 0 Å². The van der Waals surface area contributed by atoms with Crippen molar-refractivity contribution in [3.63, 3.8) is 0 Å². The van der Waals surface area contributed by atoms with E-state index in [4.69, 9.17) is 4.74 Å². The average Bonchev–Trinajstić information content (AvgIpc) is 2.45. The fraction of sp³-hybridized carbons (Fsp3) is 0.667. The monoisotopic (exact) mass is 261 g/mol. The van der Waals surface area contributed by atoms with Crippen LogP contribution in [-0.4, -0.2) is 16.8 Å². The number of rotatable bonds is 8. The molecular formula is C15H23N3O. The van der Waals surface area contributed by atoms with Crippen molar-refractivity contribution in [3.8, 4) is 11.9 Å². The third kappa shape index (κ3) is 4.20. The minimum Gasteiger partial charge on any atom is -0.476 e. The van der Waals surface area contributed by atoms with E-state index in [0.29, 0.717) is 18.1 Å². The van der Waals surface area contributed by atoms with Gasteiger partial charge in [-0.25, -0.2) is 0 Å². The molecule has 19 heavy (non-hydrogen) atoms. The highest BCUT2D eigenvalue weighted by molar-refractivity contribution is 5.46. The topological polar surface area (TPSA) is 58.8 Å². The molecule has 1 aromatic heterocycles. The Morgan fingerprint density at radius 3 is 2.42 bits per heavy atom. The molecule has 104 valence electrons. The second-order valence-corrected chi connectivity index (χ2v) is 4.53. The highest BCUT2D eigenvalue weighted by Crippen LogP contribution is 2.21. The van der Waals surface area contributed by atoms with Crippen LogP contribution < -0.4 is 4.74 Å². The summed E-state index contributed by atoms with van der Waals surface area (Å²) in [6.07, 6.45) is 6.15. The van der Waals surface area contributed by atoms with Crippen molar-refractivity contribution >= 4 is 0 Å². The molecule has 0 N–H and O–H groups in total. The molecular weight excluding hydrogens is 238 g/mol. The first kappa shape index (κ1) is 15.4. The van der Waals surface area contributed by atoms with Crippen LogP contribution in [0.3, 0.4) is 0 Å². The van der Waals surface area contributed by atoms with E-state index < -0.39 is 0 Å². The summed E-state index contributed by atoms with van der Waals surface area (Å²) in [5.74, 6) is 0.396. The SMILES string of the molecule is CCCCCCOc1nnc(CC)c(CC)c1C#N. The van der Waals surface area contributed by atoms with Gasteiger partial charge in [0.05, 0.1) is 12.3 Å². The third-order valence-corrected chi connectivity index (χ3v) is 3.16. The first-order valence-electron chi connectivity index (χ1n) is 7.19. The summed E-state index contributed by atoms with van der Waals surface area (Å²) < 4.78 is 5.62. The average molecular weight is 261 g/mol. The number of hydrogen-bond donors (Lipinski definition) is 0.